The first-order valence-electron chi connectivity index (χ1n) is 5.99. The van der Waals surface area contributed by atoms with E-state index in [1.54, 1.807) is 6.08 Å². The van der Waals surface area contributed by atoms with E-state index in [0.29, 0.717) is 19.3 Å². The van der Waals surface area contributed by atoms with Crippen molar-refractivity contribution < 1.29 is 19.1 Å². The third kappa shape index (κ3) is 2.47. The Bertz CT molecular complexity index is 354. The van der Waals surface area contributed by atoms with E-state index in [1.165, 1.54) is 14.2 Å². The van der Waals surface area contributed by atoms with Crippen LogP contribution in [0.4, 0.5) is 0 Å². The van der Waals surface area contributed by atoms with Crippen LogP contribution in [0.3, 0.4) is 0 Å². The fourth-order valence-electron chi connectivity index (χ4n) is 2.52. The highest BCUT2D eigenvalue weighted by Crippen LogP contribution is 2.42. The van der Waals surface area contributed by atoms with Crippen molar-refractivity contribution in [3.63, 3.8) is 0 Å². The van der Waals surface area contributed by atoms with Crippen molar-refractivity contribution in [3.8, 4) is 0 Å². The quantitative estimate of drug-likeness (QED) is 0.334. The Morgan fingerprint density at radius 2 is 1.89 bits per heavy atom. The second-order valence-corrected chi connectivity index (χ2v) is 4.62. The van der Waals surface area contributed by atoms with Gasteiger partial charge in [0.1, 0.15) is 0 Å². The first-order valence-corrected chi connectivity index (χ1v) is 5.99. The Kier molecular flexibility index (Phi) is 4.70. The van der Waals surface area contributed by atoms with E-state index < -0.39 is 17.4 Å². The van der Waals surface area contributed by atoms with Crippen LogP contribution < -0.4 is 0 Å². The van der Waals surface area contributed by atoms with Crippen molar-refractivity contribution >= 4 is 11.9 Å². The van der Waals surface area contributed by atoms with Crippen LogP contribution >= 0.6 is 0 Å². The van der Waals surface area contributed by atoms with Gasteiger partial charge in [-0.2, -0.15) is 0 Å². The molecule has 1 fully saturated rings. The summed E-state index contributed by atoms with van der Waals surface area (Å²) in [5, 5.41) is 0. The molecule has 18 heavy (non-hydrogen) atoms. The van der Waals surface area contributed by atoms with Crippen LogP contribution in [0.5, 0.6) is 0 Å². The van der Waals surface area contributed by atoms with Gasteiger partial charge in [-0.3, -0.25) is 9.59 Å². The molecule has 0 bridgehead atoms. The lowest BCUT2D eigenvalue weighted by atomic mass is 9.77. The maximum Gasteiger partial charge on any atom is 0.323 e. The van der Waals surface area contributed by atoms with E-state index >= 15 is 0 Å². The molecule has 0 heterocycles. The van der Waals surface area contributed by atoms with Gasteiger partial charge < -0.3 is 9.47 Å². The molecule has 0 N–H and O–H groups in total. The monoisotopic (exact) mass is 252 g/mol. The van der Waals surface area contributed by atoms with Gasteiger partial charge in [0.25, 0.3) is 0 Å². The van der Waals surface area contributed by atoms with Gasteiger partial charge in [0.2, 0.25) is 0 Å². The normalized spacial score (nSPS) is 22.8. The Morgan fingerprint density at radius 3 is 2.33 bits per heavy atom. The minimum atomic E-state index is -1.22. The molecule has 0 spiro atoms. The summed E-state index contributed by atoms with van der Waals surface area (Å²) in [5.74, 6) is -1.13. The molecule has 1 aliphatic carbocycles. The van der Waals surface area contributed by atoms with Gasteiger partial charge in [-0.1, -0.05) is 18.2 Å². The summed E-state index contributed by atoms with van der Waals surface area (Å²) in [6.07, 6.45) is 3.98. The third-order valence-electron chi connectivity index (χ3n) is 3.63. The average Bonchev–Trinajstić information content (AvgIpc) is 2.56. The Morgan fingerprint density at radius 1 is 1.33 bits per heavy atom. The molecule has 1 saturated carbocycles. The molecule has 1 atom stereocenters. The van der Waals surface area contributed by atoms with Crippen molar-refractivity contribution in [1.29, 1.82) is 0 Å². The van der Waals surface area contributed by atoms with Crippen LogP contribution in [0.15, 0.2) is 24.8 Å². The first kappa shape index (κ1) is 14.5. The lowest BCUT2D eigenvalue weighted by Crippen LogP contribution is -2.42. The summed E-state index contributed by atoms with van der Waals surface area (Å²) in [6, 6.07) is 0. The third-order valence-corrected chi connectivity index (χ3v) is 3.63. The molecular weight excluding hydrogens is 232 g/mol. The summed E-state index contributed by atoms with van der Waals surface area (Å²) < 4.78 is 9.59. The molecular formula is C14H20O4. The largest absolute Gasteiger partial charge is 0.468 e. The van der Waals surface area contributed by atoms with E-state index in [9.17, 15) is 9.59 Å². The fourth-order valence-corrected chi connectivity index (χ4v) is 2.52. The van der Waals surface area contributed by atoms with Gasteiger partial charge in [-0.25, -0.2) is 0 Å². The number of allylic oxidation sites excluding steroid dienone is 2. The van der Waals surface area contributed by atoms with Gasteiger partial charge >= 0.3 is 11.9 Å². The van der Waals surface area contributed by atoms with Gasteiger partial charge in [0.05, 0.1) is 14.2 Å². The highest BCUT2D eigenvalue weighted by molar-refractivity contribution is 6.00. The van der Waals surface area contributed by atoms with Crippen molar-refractivity contribution in [1.82, 2.24) is 0 Å². The van der Waals surface area contributed by atoms with Crippen LogP contribution in [0.25, 0.3) is 0 Å². The lowest BCUT2D eigenvalue weighted by Gasteiger charge is -2.28. The smallest absolute Gasteiger partial charge is 0.323 e. The number of ether oxygens (including phenoxy) is 2. The zero-order valence-corrected chi connectivity index (χ0v) is 11.0. The zero-order chi connectivity index (χ0) is 13.8. The number of hydrogen-bond acceptors (Lipinski definition) is 4. The number of methoxy groups -OCH3 is 2. The summed E-state index contributed by atoms with van der Waals surface area (Å²) in [7, 11) is 2.57. The second kappa shape index (κ2) is 5.85. The number of hydrogen-bond donors (Lipinski definition) is 0. The van der Waals surface area contributed by atoms with Crippen molar-refractivity contribution in [2.75, 3.05) is 14.2 Å². The number of rotatable bonds is 3. The molecule has 1 rings (SSSR count). The molecule has 4 heteroatoms. The SMILES string of the molecule is C=CC1CC(C(=O)OC)(C(=O)OC)CCCC1=C. The summed E-state index contributed by atoms with van der Waals surface area (Å²) >= 11 is 0. The molecule has 0 aromatic heterocycles. The van der Waals surface area contributed by atoms with Crippen LogP contribution in [-0.2, 0) is 19.1 Å². The molecule has 4 nitrogen and oxygen atoms in total. The summed E-state index contributed by atoms with van der Waals surface area (Å²) in [5.41, 5.74) is -0.221. The van der Waals surface area contributed by atoms with E-state index in [0.717, 1.165) is 12.0 Å². The minimum absolute atomic E-state index is 0.0642. The summed E-state index contributed by atoms with van der Waals surface area (Å²) in [4.78, 5) is 24.0. The van der Waals surface area contributed by atoms with Crippen molar-refractivity contribution in [2.45, 2.75) is 25.7 Å². The number of carbonyl (C=O) groups is 2. The van der Waals surface area contributed by atoms with Gasteiger partial charge in [0.15, 0.2) is 5.41 Å². The molecule has 0 radical (unpaired) electrons. The van der Waals surface area contributed by atoms with Gasteiger partial charge in [-0.15, -0.1) is 6.58 Å². The molecule has 0 aliphatic heterocycles. The second-order valence-electron chi connectivity index (χ2n) is 4.62. The van der Waals surface area contributed by atoms with Crippen molar-refractivity contribution in [3.05, 3.63) is 24.8 Å². The number of carbonyl (C=O) groups excluding carboxylic acids is 2. The first-order chi connectivity index (χ1) is 8.51. The maximum atomic E-state index is 12.0. The molecule has 0 aromatic rings. The van der Waals surface area contributed by atoms with Crippen LogP contribution in [-0.4, -0.2) is 26.2 Å². The van der Waals surface area contributed by atoms with E-state index in [4.69, 9.17) is 9.47 Å². The maximum absolute atomic E-state index is 12.0. The average molecular weight is 252 g/mol. The fraction of sp³-hybridized carbons (Fsp3) is 0.571. The zero-order valence-electron chi connectivity index (χ0n) is 11.0. The van der Waals surface area contributed by atoms with Crippen LogP contribution in [0.2, 0.25) is 0 Å². The van der Waals surface area contributed by atoms with E-state index in [2.05, 4.69) is 13.2 Å². The van der Waals surface area contributed by atoms with E-state index in [-0.39, 0.29) is 5.92 Å². The Hall–Kier alpha value is -1.58. The van der Waals surface area contributed by atoms with Gasteiger partial charge in [-0.05, 0) is 31.6 Å². The molecule has 0 amide bonds. The molecule has 0 saturated heterocycles. The van der Waals surface area contributed by atoms with Crippen molar-refractivity contribution in [2.24, 2.45) is 11.3 Å². The predicted molar refractivity (Wildman–Crippen MR) is 67.8 cm³/mol. The Labute approximate surface area is 108 Å². The summed E-state index contributed by atoms with van der Waals surface area (Å²) in [6.45, 7) is 7.73. The van der Waals surface area contributed by atoms with E-state index in [1.807, 2.05) is 0 Å². The highest BCUT2D eigenvalue weighted by Gasteiger charge is 2.50. The minimum Gasteiger partial charge on any atom is -0.468 e. The molecule has 100 valence electrons. The molecule has 1 unspecified atom stereocenters. The number of esters is 2. The van der Waals surface area contributed by atoms with Gasteiger partial charge in [0, 0.05) is 0 Å². The lowest BCUT2D eigenvalue weighted by molar-refractivity contribution is -0.170. The van der Waals surface area contributed by atoms with Crippen LogP contribution in [0.1, 0.15) is 25.7 Å². The highest BCUT2D eigenvalue weighted by atomic mass is 16.5. The topological polar surface area (TPSA) is 52.6 Å². The predicted octanol–water partition coefficient (Wildman–Crippen LogP) is 2.25. The molecule has 1 aliphatic rings. The standard InChI is InChI=1S/C14H20O4/c1-5-11-9-14(12(15)17-3,13(16)18-4)8-6-7-10(11)2/h5,11H,1-2,6-9H2,3-4H3. The van der Waals surface area contributed by atoms with Crippen LogP contribution in [0, 0.1) is 11.3 Å². The Balaban J connectivity index is 3.16. The molecule has 0 aromatic carbocycles.